The third-order valence-corrected chi connectivity index (χ3v) is 3.57. The number of rotatable bonds is 3. The summed E-state index contributed by atoms with van der Waals surface area (Å²) in [6.45, 7) is 4.46. The van der Waals surface area contributed by atoms with Gasteiger partial charge in [-0.1, -0.05) is 17.7 Å². The molecule has 0 fully saturated rings. The van der Waals surface area contributed by atoms with Crippen LogP contribution in [0.1, 0.15) is 22.5 Å². The van der Waals surface area contributed by atoms with Gasteiger partial charge >= 0.3 is 0 Å². The first-order valence-electron chi connectivity index (χ1n) is 5.95. The Bertz CT molecular complexity index is 652. The van der Waals surface area contributed by atoms with Crippen molar-refractivity contribution in [2.45, 2.75) is 20.4 Å². The van der Waals surface area contributed by atoms with Crippen LogP contribution < -0.4 is 5.32 Å². The van der Waals surface area contributed by atoms with E-state index in [4.69, 9.17) is 16.9 Å². The summed E-state index contributed by atoms with van der Waals surface area (Å²) in [5, 5.41) is 17.2. The van der Waals surface area contributed by atoms with Gasteiger partial charge in [-0.2, -0.15) is 10.4 Å². The van der Waals surface area contributed by atoms with Crippen LogP contribution in [0.25, 0.3) is 0 Å². The molecular formula is C14H15ClN4. The average Bonchev–Trinajstić information content (AvgIpc) is 2.63. The monoisotopic (exact) mass is 274 g/mol. The van der Waals surface area contributed by atoms with E-state index < -0.39 is 0 Å². The van der Waals surface area contributed by atoms with Crippen molar-refractivity contribution in [3.05, 3.63) is 45.7 Å². The van der Waals surface area contributed by atoms with Crippen molar-refractivity contribution in [1.82, 2.24) is 9.78 Å². The summed E-state index contributed by atoms with van der Waals surface area (Å²) in [6, 6.07) is 7.71. The van der Waals surface area contributed by atoms with Crippen LogP contribution in [-0.2, 0) is 13.6 Å². The van der Waals surface area contributed by atoms with Gasteiger partial charge in [-0.05, 0) is 31.5 Å². The molecule has 4 nitrogen and oxygen atoms in total. The molecule has 0 spiro atoms. The van der Waals surface area contributed by atoms with Crippen molar-refractivity contribution >= 4 is 17.3 Å². The number of hydrogen-bond donors (Lipinski definition) is 1. The van der Waals surface area contributed by atoms with E-state index in [1.54, 1.807) is 4.68 Å². The van der Waals surface area contributed by atoms with Gasteiger partial charge in [0, 0.05) is 12.7 Å². The first-order chi connectivity index (χ1) is 9.02. The number of hydrogen-bond acceptors (Lipinski definition) is 3. The van der Waals surface area contributed by atoms with Crippen LogP contribution in [0.3, 0.4) is 0 Å². The van der Waals surface area contributed by atoms with Crippen molar-refractivity contribution in [3.63, 3.8) is 0 Å². The van der Waals surface area contributed by atoms with Gasteiger partial charge in [0.25, 0.3) is 0 Å². The molecule has 1 heterocycles. The van der Waals surface area contributed by atoms with Gasteiger partial charge in [-0.3, -0.25) is 4.68 Å². The van der Waals surface area contributed by atoms with E-state index in [1.165, 1.54) is 0 Å². The standard InChI is InChI=1S/C14H15ClN4/c1-9-4-5-11(7-16)6-12(9)17-8-13-14(15)10(2)18-19(13)3/h4-6,17H,8H2,1-3H3. The van der Waals surface area contributed by atoms with Crippen LogP contribution in [0.15, 0.2) is 18.2 Å². The molecule has 0 saturated heterocycles. The number of nitrogens with one attached hydrogen (secondary N) is 1. The fourth-order valence-electron chi connectivity index (χ4n) is 1.93. The van der Waals surface area contributed by atoms with Gasteiger partial charge in [0.15, 0.2) is 0 Å². The Morgan fingerprint density at radius 3 is 2.74 bits per heavy atom. The molecule has 0 saturated carbocycles. The molecule has 0 amide bonds. The molecule has 0 bridgehead atoms. The predicted octanol–water partition coefficient (Wildman–Crippen LogP) is 3.17. The molecule has 0 unspecified atom stereocenters. The Labute approximate surface area is 117 Å². The average molecular weight is 275 g/mol. The van der Waals surface area contributed by atoms with Crippen LogP contribution in [0, 0.1) is 25.2 Å². The van der Waals surface area contributed by atoms with Crippen molar-refractivity contribution in [1.29, 1.82) is 5.26 Å². The third-order valence-electron chi connectivity index (χ3n) is 3.07. The summed E-state index contributed by atoms with van der Waals surface area (Å²) in [5.74, 6) is 0. The SMILES string of the molecule is Cc1ccc(C#N)cc1NCc1c(Cl)c(C)nn1C. The maximum absolute atomic E-state index is 8.92. The van der Waals surface area contributed by atoms with E-state index in [0.29, 0.717) is 17.1 Å². The van der Waals surface area contributed by atoms with E-state index in [1.807, 2.05) is 39.1 Å². The summed E-state index contributed by atoms with van der Waals surface area (Å²) < 4.78 is 1.77. The number of aryl methyl sites for hydroxylation is 3. The lowest BCUT2D eigenvalue weighted by atomic mass is 10.1. The second-order valence-electron chi connectivity index (χ2n) is 4.46. The molecule has 2 rings (SSSR count). The van der Waals surface area contributed by atoms with Crippen LogP contribution in [-0.4, -0.2) is 9.78 Å². The van der Waals surface area contributed by atoms with E-state index >= 15 is 0 Å². The van der Waals surface area contributed by atoms with Crippen molar-refractivity contribution in [2.24, 2.45) is 7.05 Å². The van der Waals surface area contributed by atoms with Gasteiger partial charge in [-0.15, -0.1) is 0 Å². The quantitative estimate of drug-likeness (QED) is 0.935. The summed E-state index contributed by atoms with van der Waals surface area (Å²) >= 11 is 6.20. The Balaban J connectivity index is 2.21. The number of aromatic nitrogens is 2. The number of halogens is 1. The Hall–Kier alpha value is -1.99. The molecule has 0 aliphatic carbocycles. The molecule has 98 valence electrons. The first kappa shape index (κ1) is 13.4. The molecule has 1 N–H and O–H groups in total. The van der Waals surface area contributed by atoms with E-state index in [9.17, 15) is 0 Å². The fraction of sp³-hybridized carbons (Fsp3) is 0.286. The lowest BCUT2D eigenvalue weighted by Gasteiger charge is -2.10. The normalized spacial score (nSPS) is 10.3. The lowest BCUT2D eigenvalue weighted by Crippen LogP contribution is -2.07. The van der Waals surface area contributed by atoms with Crippen LogP contribution in [0.2, 0.25) is 5.02 Å². The Morgan fingerprint density at radius 1 is 1.42 bits per heavy atom. The number of nitriles is 1. The van der Waals surface area contributed by atoms with Gasteiger partial charge in [0.05, 0.1) is 34.6 Å². The smallest absolute Gasteiger partial charge is 0.0992 e. The summed E-state index contributed by atoms with van der Waals surface area (Å²) in [7, 11) is 1.87. The van der Waals surface area contributed by atoms with Crippen molar-refractivity contribution in [2.75, 3.05) is 5.32 Å². The zero-order valence-electron chi connectivity index (χ0n) is 11.2. The minimum Gasteiger partial charge on any atom is -0.379 e. The van der Waals surface area contributed by atoms with E-state index in [-0.39, 0.29) is 0 Å². The minimum atomic E-state index is 0.575. The number of anilines is 1. The fourth-order valence-corrected chi connectivity index (χ4v) is 2.16. The van der Waals surface area contributed by atoms with Gasteiger partial charge in [0.1, 0.15) is 0 Å². The molecular weight excluding hydrogens is 260 g/mol. The molecule has 0 aliphatic rings. The molecule has 1 aromatic heterocycles. The topological polar surface area (TPSA) is 53.6 Å². The third kappa shape index (κ3) is 2.72. The molecule has 19 heavy (non-hydrogen) atoms. The van der Waals surface area contributed by atoms with Crippen molar-refractivity contribution in [3.8, 4) is 6.07 Å². The van der Waals surface area contributed by atoms with Crippen LogP contribution >= 0.6 is 11.6 Å². The molecule has 0 aliphatic heterocycles. The number of nitrogens with zero attached hydrogens (tertiary/aromatic N) is 3. The molecule has 5 heteroatoms. The number of benzene rings is 1. The minimum absolute atomic E-state index is 0.575. The summed E-state index contributed by atoms with van der Waals surface area (Å²) in [6.07, 6.45) is 0. The highest BCUT2D eigenvalue weighted by molar-refractivity contribution is 6.31. The predicted molar refractivity (Wildman–Crippen MR) is 76.2 cm³/mol. The second kappa shape index (κ2) is 5.33. The van der Waals surface area contributed by atoms with Gasteiger partial charge in [-0.25, -0.2) is 0 Å². The summed E-state index contributed by atoms with van der Waals surface area (Å²) in [4.78, 5) is 0. The molecule has 0 atom stereocenters. The highest BCUT2D eigenvalue weighted by atomic mass is 35.5. The Morgan fingerprint density at radius 2 is 2.16 bits per heavy atom. The summed E-state index contributed by atoms with van der Waals surface area (Å²) in [5.41, 5.74) is 4.42. The lowest BCUT2D eigenvalue weighted by molar-refractivity contribution is 0.713. The maximum atomic E-state index is 8.92. The van der Waals surface area contributed by atoms with E-state index in [2.05, 4.69) is 16.5 Å². The molecule has 0 radical (unpaired) electrons. The highest BCUT2D eigenvalue weighted by Crippen LogP contribution is 2.22. The van der Waals surface area contributed by atoms with Crippen LogP contribution in [0.4, 0.5) is 5.69 Å². The second-order valence-corrected chi connectivity index (χ2v) is 4.84. The zero-order valence-corrected chi connectivity index (χ0v) is 11.9. The zero-order chi connectivity index (χ0) is 14.0. The van der Waals surface area contributed by atoms with Crippen molar-refractivity contribution < 1.29 is 0 Å². The first-order valence-corrected chi connectivity index (χ1v) is 6.33. The Kier molecular flexibility index (Phi) is 3.77. The van der Waals surface area contributed by atoms with Gasteiger partial charge < -0.3 is 5.32 Å². The largest absolute Gasteiger partial charge is 0.379 e. The maximum Gasteiger partial charge on any atom is 0.0992 e. The molecule has 1 aromatic carbocycles. The van der Waals surface area contributed by atoms with E-state index in [0.717, 1.165) is 22.6 Å². The highest BCUT2D eigenvalue weighted by Gasteiger charge is 2.11. The van der Waals surface area contributed by atoms with Gasteiger partial charge in [0.2, 0.25) is 0 Å². The van der Waals surface area contributed by atoms with Crippen LogP contribution in [0.5, 0.6) is 0 Å². The molecule has 2 aromatic rings.